The van der Waals surface area contributed by atoms with Crippen molar-refractivity contribution in [1.82, 2.24) is 19.6 Å². The second kappa shape index (κ2) is 20.1. The summed E-state index contributed by atoms with van der Waals surface area (Å²) < 4.78 is 0. The molecule has 31 heavy (non-hydrogen) atoms. The number of hydrogen-bond donors (Lipinski definition) is 1. The number of nitrogens with zero attached hydrogens (tertiary/aromatic N) is 4. The monoisotopic (exact) mass is 470 g/mol. The number of hydrogen-bond acceptors (Lipinski definition) is 11. The number of aliphatic carboxylic acids is 4. The van der Waals surface area contributed by atoms with Crippen molar-refractivity contribution in [3.63, 3.8) is 0 Å². The van der Waals surface area contributed by atoms with Crippen LogP contribution in [-0.2, 0) is 19.2 Å². The fourth-order valence-corrected chi connectivity index (χ4v) is 2.95. The summed E-state index contributed by atoms with van der Waals surface area (Å²) in [4.78, 5) is 50.2. The van der Waals surface area contributed by atoms with Gasteiger partial charge in [0.05, 0.1) is 24.5 Å². The average Bonchev–Trinajstić information content (AvgIpc) is 2.55. The van der Waals surface area contributed by atoms with E-state index in [9.17, 15) is 34.5 Å². The van der Waals surface area contributed by atoms with E-state index in [0.717, 1.165) is 0 Å². The minimum Gasteiger partial charge on any atom is -0.549 e. The van der Waals surface area contributed by atoms with E-state index in [1.54, 1.807) is 14.7 Å². The minimum absolute atomic E-state index is 0. The standard InChI is InChI=1S/C16H28N4O8.3Na/c21-13(22)9-17-1-2-18(10-14(23)24)5-6-20(12-16(27)28)8-7-19(4-3-17)11-15(25)26;;;/h1-12H2,(H,21,22)(H,23,24)(H,25,26)(H,27,28);;;/q;3*+1/p-3. The van der Waals surface area contributed by atoms with Crippen molar-refractivity contribution in [3.05, 3.63) is 0 Å². The predicted octanol–water partition coefficient (Wildman–Crippen LogP) is -15.4. The molecule has 0 aromatic heterocycles. The van der Waals surface area contributed by atoms with Crippen LogP contribution >= 0.6 is 0 Å². The van der Waals surface area contributed by atoms with Crippen molar-refractivity contribution in [1.29, 1.82) is 0 Å². The average molecular weight is 470 g/mol. The molecule has 0 bridgehead atoms. The van der Waals surface area contributed by atoms with Crippen molar-refractivity contribution in [2.24, 2.45) is 0 Å². The molecular weight excluding hydrogens is 445 g/mol. The smallest absolute Gasteiger partial charge is 0.549 e. The first-order valence-corrected chi connectivity index (χ1v) is 8.86. The number of rotatable bonds is 8. The van der Waals surface area contributed by atoms with Crippen LogP contribution in [0.1, 0.15) is 0 Å². The first kappa shape index (κ1) is 36.3. The van der Waals surface area contributed by atoms with Gasteiger partial charge in [-0.25, -0.2) is 0 Å². The maximum Gasteiger partial charge on any atom is 1.00 e. The van der Waals surface area contributed by atoms with Crippen LogP contribution in [0.3, 0.4) is 0 Å². The number of carboxylic acid groups (broad SMARTS) is 4. The normalized spacial score (nSPS) is 17.5. The Bertz CT molecular complexity index is 461. The molecule has 1 N–H and O–H groups in total. The molecule has 1 saturated heterocycles. The van der Waals surface area contributed by atoms with Gasteiger partial charge in [0.1, 0.15) is 0 Å². The Labute approximate surface area is 247 Å². The van der Waals surface area contributed by atoms with Gasteiger partial charge in [-0.15, -0.1) is 0 Å². The first-order chi connectivity index (χ1) is 13.2. The number of carbonyl (C=O) groups is 4. The zero-order chi connectivity index (χ0) is 21.1. The second-order valence-corrected chi connectivity index (χ2v) is 6.61. The molecule has 1 fully saturated rings. The van der Waals surface area contributed by atoms with Gasteiger partial charge in [0.2, 0.25) is 0 Å². The van der Waals surface area contributed by atoms with Crippen LogP contribution in [0.5, 0.6) is 0 Å². The van der Waals surface area contributed by atoms with E-state index in [4.69, 9.17) is 5.11 Å². The fourth-order valence-electron chi connectivity index (χ4n) is 2.95. The van der Waals surface area contributed by atoms with Gasteiger partial charge >= 0.3 is 94.6 Å². The molecule has 12 nitrogen and oxygen atoms in total. The molecule has 0 aromatic carbocycles. The first-order valence-electron chi connectivity index (χ1n) is 8.86. The van der Waals surface area contributed by atoms with Crippen LogP contribution in [0.4, 0.5) is 0 Å². The molecule has 0 unspecified atom stereocenters. The molecule has 1 rings (SSSR count). The maximum atomic E-state index is 11.1. The van der Waals surface area contributed by atoms with Gasteiger partial charge in [-0.1, -0.05) is 0 Å². The van der Waals surface area contributed by atoms with Gasteiger partial charge in [-0.2, -0.15) is 0 Å². The summed E-state index contributed by atoms with van der Waals surface area (Å²) in [5, 5.41) is 41.9. The van der Waals surface area contributed by atoms with E-state index in [0.29, 0.717) is 0 Å². The maximum absolute atomic E-state index is 11.1. The zero-order valence-corrected chi connectivity index (χ0v) is 24.6. The molecule has 0 saturated carbocycles. The molecule has 0 atom stereocenters. The Hall–Kier alpha value is 0.720. The van der Waals surface area contributed by atoms with Gasteiger partial charge in [0, 0.05) is 72.0 Å². The van der Waals surface area contributed by atoms with Crippen LogP contribution in [-0.4, -0.2) is 127 Å². The van der Waals surface area contributed by atoms with E-state index in [-0.39, 0.29) is 167 Å². The third-order valence-electron chi connectivity index (χ3n) is 4.35. The molecule has 0 aliphatic carbocycles. The van der Waals surface area contributed by atoms with Crippen LogP contribution in [0.25, 0.3) is 0 Å². The summed E-state index contributed by atoms with van der Waals surface area (Å²) in [6, 6.07) is 0. The van der Waals surface area contributed by atoms with E-state index in [1.807, 2.05) is 0 Å². The predicted molar refractivity (Wildman–Crippen MR) is 88.4 cm³/mol. The van der Waals surface area contributed by atoms with Gasteiger partial charge < -0.3 is 34.8 Å². The summed E-state index contributed by atoms with van der Waals surface area (Å²) in [6.07, 6.45) is 0. The van der Waals surface area contributed by atoms with Crippen molar-refractivity contribution >= 4 is 23.9 Å². The largest absolute Gasteiger partial charge is 1.00 e. The third-order valence-corrected chi connectivity index (χ3v) is 4.35. The van der Waals surface area contributed by atoms with Gasteiger partial charge in [0.15, 0.2) is 0 Å². The molecule has 0 aromatic rings. The van der Waals surface area contributed by atoms with Crippen molar-refractivity contribution < 1.29 is 128 Å². The fraction of sp³-hybridized carbons (Fsp3) is 0.750. The summed E-state index contributed by atoms with van der Waals surface area (Å²) in [5.41, 5.74) is 0. The van der Waals surface area contributed by atoms with E-state index in [1.165, 1.54) is 4.90 Å². The molecule has 0 radical (unpaired) electrons. The summed E-state index contributed by atoms with van der Waals surface area (Å²) >= 11 is 0. The Kier molecular flexibility index (Phi) is 23.6. The molecule has 1 heterocycles. The summed E-state index contributed by atoms with van der Waals surface area (Å²) in [5.74, 6) is -4.92. The zero-order valence-electron chi connectivity index (χ0n) is 18.6. The quantitative estimate of drug-likeness (QED) is 0.333. The Morgan fingerprint density at radius 1 is 0.516 bits per heavy atom. The second-order valence-electron chi connectivity index (χ2n) is 6.61. The van der Waals surface area contributed by atoms with Gasteiger partial charge in [-0.05, 0) is 0 Å². The van der Waals surface area contributed by atoms with Crippen molar-refractivity contribution in [2.45, 2.75) is 0 Å². The van der Waals surface area contributed by atoms with Gasteiger partial charge in [-0.3, -0.25) is 24.4 Å². The van der Waals surface area contributed by atoms with Crippen LogP contribution < -0.4 is 104 Å². The van der Waals surface area contributed by atoms with Crippen molar-refractivity contribution in [2.75, 3.05) is 78.5 Å². The van der Waals surface area contributed by atoms with E-state index < -0.39 is 23.9 Å². The summed E-state index contributed by atoms with van der Waals surface area (Å²) in [6.45, 7) is 0.497. The Balaban J connectivity index is -0.00000261. The molecular formula is C16H25N4Na3O8. The third kappa shape index (κ3) is 18.8. The number of carbonyl (C=O) groups excluding carboxylic acids is 3. The molecule has 15 heteroatoms. The molecule has 0 amide bonds. The van der Waals surface area contributed by atoms with Crippen LogP contribution in [0, 0.1) is 0 Å². The molecule has 0 spiro atoms. The topological polar surface area (TPSA) is 171 Å². The van der Waals surface area contributed by atoms with Crippen molar-refractivity contribution in [3.8, 4) is 0 Å². The minimum atomic E-state index is -1.29. The van der Waals surface area contributed by atoms with E-state index in [2.05, 4.69) is 0 Å². The molecule has 1 aliphatic rings. The molecule has 1 aliphatic heterocycles. The number of carboxylic acids is 4. The molecule has 160 valence electrons. The van der Waals surface area contributed by atoms with E-state index >= 15 is 0 Å². The SMILES string of the molecule is O=C([O-])CN1CCN(CC(=O)[O-])CCN(CC(=O)O)CCN(CC(=O)[O-])CC1.[Na+].[Na+].[Na+]. The summed E-state index contributed by atoms with van der Waals surface area (Å²) in [7, 11) is 0. The van der Waals surface area contributed by atoms with Gasteiger partial charge in [0.25, 0.3) is 0 Å². The Morgan fingerprint density at radius 2 is 0.710 bits per heavy atom. The van der Waals surface area contributed by atoms with Crippen LogP contribution in [0.15, 0.2) is 0 Å². The van der Waals surface area contributed by atoms with Crippen LogP contribution in [0.2, 0.25) is 0 Å². The Morgan fingerprint density at radius 3 is 0.871 bits per heavy atom.